The number of imidazole rings is 1. The molecule has 0 bridgehead atoms. The van der Waals surface area contributed by atoms with E-state index < -0.39 is 0 Å². The molecular weight excluding hydrogens is 319 g/mol. The van der Waals surface area contributed by atoms with Crippen LogP contribution in [0.4, 0.5) is 10.1 Å². The van der Waals surface area contributed by atoms with Gasteiger partial charge in [0.25, 0.3) is 0 Å². The summed E-state index contributed by atoms with van der Waals surface area (Å²) in [6.07, 6.45) is 5.64. The average Bonchev–Trinajstić information content (AvgIpc) is 2.97. The van der Waals surface area contributed by atoms with Crippen LogP contribution in [0.2, 0.25) is 0 Å². The zero-order valence-electron chi connectivity index (χ0n) is 14.4. The van der Waals surface area contributed by atoms with E-state index in [9.17, 15) is 9.18 Å². The predicted molar refractivity (Wildman–Crippen MR) is 94.0 cm³/mol. The summed E-state index contributed by atoms with van der Waals surface area (Å²) in [6.45, 7) is 3.41. The van der Waals surface area contributed by atoms with Gasteiger partial charge in [-0.15, -0.1) is 0 Å². The van der Waals surface area contributed by atoms with Crippen LogP contribution in [0.15, 0.2) is 30.5 Å². The summed E-state index contributed by atoms with van der Waals surface area (Å²) in [5, 5.41) is 3.51. The second-order valence-electron chi connectivity index (χ2n) is 6.99. The van der Waals surface area contributed by atoms with Gasteiger partial charge in [0.2, 0.25) is 5.91 Å². The topological polar surface area (TPSA) is 50.2 Å². The molecule has 1 fully saturated rings. The largest absolute Gasteiger partial charge is 0.333 e. The number of halogens is 1. The fraction of sp³-hybridized carbons (Fsp3) is 0.474. The lowest BCUT2D eigenvalue weighted by atomic mass is 10.00. The van der Waals surface area contributed by atoms with Crippen molar-refractivity contribution >= 4 is 11.6 Å². The molecule has 4 rings (SSSR count). The number of hydrogen-bond donors (Lipinski definition) is 1. The Bertz CT molecular complexity index is 787. The average molecular weight is 342 g/mol. The molecule has 1 amide bonds. The van der Waals surface area contributed by atoms with Gasteiger partial charge in [0.05, 0.1) is 17.4 Å². The normalized spacial score (nSPS) is 23.6. The van der Waals surface area contributed by atoms with Crippen LogP contribution in [0.1, 0.15) is 30.8 Å². The maximum atomic E-state index is 14.1. The fourth-order valence-electron chi connectivity index (χ4n) is 3.95. The molecule has 0 aliphatic carbocycles. The Labute approximate surface area is 146 Å². The van der Waals surface area contributed by atoms with E-state index in [-0.39, 0.29) is 23.8 Å². The third kappa shape index (κ3) is 3.18. The first-order valence-corrected chi connectivity index (χ1v) is 8.96. The lowest BCUT2D eigenvalue weighted by molar-refractivity contribution is -0.122. The summed E-state index contributed by atoms with van der Waals surface area (Å²) >= 11 is 0. The van der Waals surface area contributed by atoms with Crippen LogP contribution in [0.3, 0.4) is 0 Å². The van der Waals surface area contributed by atoms with Gasteiger partial charge in [-0.05, 0) is 38.3 Å². The molecule has 5 nitrogen and oxygen atoms in total. The highest BCUT2D eigenvalue weighted by Gasteiger charge is 2.33. The van der Waals surface area contributed by atoms with Crippen molar-refractivity contribution in [1.82, 2.24) is 14.9 Å². The molecular formula is C19H23FN4O. The Morgan fingerprint density at radius 2 is 2.12 bits per heavy atom. The molecule has 0 spiro atoms. The standard InChI is InChI=1S/C19H23FN4O/c1-13-11-23-12-14(8-9-18(23)21-13)22-16-6-4-10-24(19(16)25)17-7-3-2-5-15(17)20/h2-3,5,7,11,14,16,22H,4,6,8-10,12H2,1H3/t14-,16+/m1/s1. The first kappa shape index (κ1) is 16.3. The maximum Gasteiger partial charge on any atom is 0.244 e. The van der Waals surface area contributed by atoms with E-state index >= 15 is 0 Å². The van der Waals surface area contributed by atoms with Crippen molar-refractivity contribution < 1.29 is 9.18 Å². The molecule has 2 aliphatic heterocycles. The molecule has 2 aliphatic rings. The minimum Gasteiger partial charge on any atom is -0.333 e. The highest BCUT2D eigenvalue weighted by molar-refractivity contribution is 5.98. The number of benzene rings is 1. The number of nitrogens with one attached hydrogen (secondary N) is 1. The lowest BCUT2D eigenvalue weighted by Gasteiger charge is -2.36. The molecule has 6 heteroatoms. The van der Waals surface area contributed by atoms with Crippen molar-refractivity contribution in [3.05, 3.63) is 47.8 Å². The van der Waals surface area contributed by atoms with Gasteiger partial charge in [-0.25, -0.2) is 9.37 Å². The molecule has 25 heavy (non-hydrogen) atoms. The smallest absolute Gasteiger partial charge is 0.244 e. The number of anilines is 1. The molecule has 0 saturated carbocycles. The highest BCUT2D eigenvalue weighted by Crippen LogP contribution is 2.25. The summed E-state index contributed by atoms with van der Waals surface area (Å²) in [5.41, 5.74) is 1.42. The zero-order chi connectivity index (χ0) is 17.4. The Hall–Kier alpha value is -2.21. The monoisotopic (exact) mass is 342 g/mol. The number of para-hydroxylation sites is 1. The van der Waals surface area contributed by atoms with Crippen molar-refractivity contribution in [2.45, 2.75) is 51.2 Å². The predicted octanol–water partition coefficient (Wildman–Crippen LogP) is 2.43. The van der Waals surface area contributed by atoms with Crippen molar-refractivity contribution in [2.75, 3.05) is 11.4 Å². The summed E-state index contributed by atoms with van der Waals surface area (Å²) in [7, 11) is 0. The van der Waals surface area contributed by atoms with E-state index in [2.05, 4.69) is 21.1 Å². The quantitative estimate of drug-likeness (QED) is 0.932. The van der Waals surface area contributed by atoms with Gasteiger partial charge in [-0.1, -0.05) is 12.1 Å². The fourth-order valence-corrected chi connectivity index (χ4v) is 3.95. The van der Waals surface area contributed by atoms with Crippen LogP contribution in [-0.2, 0) is 17.8 Å². The van der Waals surface area contributed by atoms with Crippen LogP contribution < -0.4 is 10.2 Å². The molecule has 132 valence electrons. The van der Waals surface area contributed by atoms with Gasteiger partial charge in [-0.3, -0.25) is 4.79 Å². The number of carbonyl (C=O) groups excluding carboxylic acids is 1. The number of piperidine rings is 1. The van der Waals surface area contributed by atoms with Crippen molar-refractivity contribution in [2.24, 2.45) is 0 Å². The molecule has 2 aromatic rings. The van der Waals surface area contributed by atoms with E-state index in [0.717, 1.165) is 43.7 Å². The first-order valence-electron chi connectivity index (χ1n) is 8.96. The first-order chi connectivity index (χ1) is 12.1. The Morgan fingerprint density at radius 3 is 2.96 bits per heavy atom. The van der Waals surface area contributed by atoms with Gasteiger partial charge < -0.3 is 14.8 Å². The molecule has 2 atom stereocenters. The van der Waals surface area contributed by atoms with E-state index in [1.807, 2.05) is 6.92 Å². The molecule has 1 aromatic carbocycles. The number of rotatable bonds is 3. The molecule has 1 saturated heterocycles. The third-order valence-electron chi connectivity index (χ3n) is 5.13. The summed E-state index contributed by atoms with van der Waals surface area (Å²) in [6, 6.07) is 6.50. The SMILES string of the molecule is Cc1cn2c(n1)CC[C@@H](N[C@H]1CCCN(c3ccccc3F)C1=O)C2. The van der Waals surface area contributed by atoms with Crippen molar-refractivity contribution in [1.29, 1.82) is 0 Å². The molecule has 1 aromatic heterocycles. The van der Waals surface area contributed by atoms with Crippen molar-refractivity contribution in [3.63, 3.8) is 0 Å². The van der Waals surface area contributed by atoms with Crippen LogP contribution >= 0.6 is 0 Å². The van der Waals surface area contributed by atoms with E-state index in [1.165, 1.54) is 6.07 Å². The molecule has 1 N–H and O–H groups in total. The van der Waals surface area contributed by atoms with Crippen molar-refractivity contribution in [3.8, 4) is 0 Å². The Balaban J connectivity index is 1.46. The number of nitrogens with zero attached hydrogens (tertiary/aromatic N) is 3. The van der Waals surface area contributed by atoms with Crippen LogP contribution in [0.25, 0.3) is 0 Å². The van der Waals surface area contributed by atoms with Gasteiger partial charge in [0.15, 0.2) is 0 Å². The second kappa shape index (κ2) is 6.59. The van der Waals surface area contributed by atoms with Gasteiger partial charge in [0.1, 0.15) is 11.6 Å². The molecule has 0 unspecified atom stereocenters. The van der Waals surface area contributed by atoms with Crippen LogP contribution in [0.5, 0.6) is 0 Å². The number of carbonyl (C=O) groups is 1. The Morgan fingerprint density at radius 1 is 1.28 bits per heavy atom. The Kier molecular flexibility index (Phi) is 4.29. The number of aromatic nitrogens is 2. The van der Waals surface area contributed by atoms with Gasteiger partial charge >= 0.3 is 0 Å². The second-order valence-corrected chi connectivity index (χ2v) is 6.99. The van der Waals surface area contributed by atoms with E-state index in [4.69, 9.17) is 0 Å². The number of aryl methyl sites for hydroxylation is 2. The minimum atomic E-state index is -0.340. The lowest BCUT2D eigenvalue weighted by Crippen LogP contribution is -2.55. The number of amides is 1. The summed E-state index contributed by atoms with van der Waals surface area (Å²) in [4.78, 5) is 19.0. The maximum absolute atomic E-state index is 14.1. The third-order valence-corrected chi connectivity index (χ3v) is 5.13. The molecule has 0 radical (unpaired) electrons. The number of fused-ring (bicyclic) bond motifs is 1. The highest BCUT2D eigenvalue weighted by atomic mass is 19.1. The minimum absolute atomic E-state index is 0.0241. The van der Waals surface area contributed by atoms with E-state index in [0.29, 0.717) is 12.2 Å². The van der Waals surface area contributed by atoms with Crippen LogP contribution in [0, 0.1) is 12.7 Å². The van der Waals surface area contributed by atoms with Gasteiger partial charge in [-0.2, -0.15) is 0 Å². The number of hydrogen-bond acceptors (Lipinski definition) is 3. The van der Waals surface area contributed by atoms with E-state index in [1.54, 1.807) is 23.1 Å². The summed E-state index contributed by atoms with van der Waals surface area (Å²) in [5.74, 6) is 0.759. The van der Waals surface area contributed by atoms with Crippen LogP contribution in [-0.4, -0.2) is 34.1 Å². The zero-order valence-corrected chi connectivity index (χ0v) is 14.4. The molecule has 3 heterocycles. The summed E-state index contributed by atoms with van der Waals surface area (Å²) < 4.78 is 16.3. The van der Waals surface area contributed by atoms with Gasteiger partial charge in [0, 0.05) is 31.7 Å².